The van der Waals surface area contributed by atoms with Crippen LogP contribution in [0.25, 0.3) is 11.1 Å². The molecule has 0 aliphatic heterocycles. The van der Waals surface area contributed by atoms with E-state index in [1.165, 1.54) is 30.4 Å². The van der Waals surface area contributed by atoms with Crippen LogP contribution in [0.3, 0.4) is 0 Å². The Morgan fingerprint density at radius 2 is 1.23 bits per heavy atom. The van der Waals surface area contributed by atoms with Gasteiger partial charge in [-0.05, 0) is 29.5 Å². The summed E-state index contributed by atoms with van der Waals surface area (Å²) in [6.45, 7) is 0. The lowest BCUT2D eigenvalue weighted by molar-refractivity contribution is -0.123. The van der Waals surface area contributed by atoms with E-state index in [0.29, 0.717) is 5.78 Å². The summed E-state index contributed by atoms with van der Waals surface area (Å²) >= 11 is 0. The fourth-order valence-corrected chi connectivity index (χ4v) is 4.18. The van der Waals surface area contributed by atoms with Crippen LogP contribution in [0.4, 0.5) is 0 Å². The van der Waals surface area contributed by atoms with Gasteiger partial charge in [-0.15, -0.1) is 0 Å². The van der Waals surface area contributed by atoms with E-state index in [4.69, 9.17) is 0 Å². The van der Waals surface area contributed by atoms with Gasteiger partial charge in [0.25, 0.3) is 0 Å². The highest BCUT2D eigenvalue weighted by Crippen LogP contribution is 2.59. The molecule has 110 valence electrons. The van der Waals surface area contributed by atoms with Gasteiger partial charge in [0, 0.05) is 5.57 Å². The molecule has 2 aliphatic carbocycles. The molecule has 1 nitrogen and oxygen atoms in total. The summed E-state index contributed by atoms with van der Waals surface area (Å²) in [5.74, 6) is 0.372. The molecule has 1 saturated carbocycles. The third kappa shape index (κ3) is 1.89. The number of hydrogen-bond acceptors (Lipinski definition) is 1. The van der Waals surface area contributed by atoms with Crippen LogP contribution in [-0.2, 0) is 4.79 Å². The van der Waals surface area contributed by atoms with Gasteiger partial charge >= 0.3 is 0 Å². The maximum Gasteiger partial charge on any atom is 0.174 e. The van der Waals surface area contributed by atoms with Gasteiger partial charge in [0.05, 0.1) is 5.41 Å². The largest absolute Gasteiger partial charge is 0.293 e. The zero-order valence-corrected chi connectivity index (χ0v) is 12.7. The molecule has 1 fully saturated rings. The van der Waals surface area contributed by atoms with E-state index >= 15 is 0 Å². The summed E-state index contributed by atoms with van der Waals surface area (Å²) < 4.78 is 0. The Morgan fingerprint density at radius 3 is 1.82 bits per heavy atom. The minimum Gasteiger partial charge on any atom is -0.293 e. The predicted molar refractivity (Wildman–Crippen MR) is 90.2 cm³/mol. The normalized spacial score (nSPS) is 20.1. The molecule has 0 saturated heterocycles. The van der Waals surface area contributed by atoms with E-state index in [9.17, 15) is 4.79 Å². The van der Waals surface area contributed by atoms with E-state index < -0.39 is 0 Å². The van der Waals surface area contributed by atoms with Crippen molar-refractivity contribution < 1.29 is 4.79 Å². The van der Waals surface area contributed by atoms with E-state index in [1.54, 1.807) is 0 Å². The summed E-state index contributed by atoms with van der Waals surface area (Å²) in [6.07, 6.45) is 5.64. The highest BCUT2D eigenvalue weighted by Gasteiger charge is 2.53. The van der Waals surface area contributed by atoms with E-state index in [2.05, 4.69) is 36.4 Å². The number of benzene rings is 2. The van der Waals surface area contributed by atoms with Gasteiger partial charge in [-0.3, -0.25) is 4.79 Å². The van der Waals surface area contributed by atoms with Crippen LogP contribution in [0.5, 0.6) is 0 Å². The monoisotopic (exact) mass is 288 g/mol. The third-order valence-corrected chi connectivity index (χ3v) is 5.22. The van der Waals surface area contributed by atoms with Crippen molar-refractivity contribution in [3.05, 3.63) is 71.8 Å². The maximum absolute atomic E-state index is 13.1. The molecule has 22 heavy (non-hydrogen) atoms. The Kier molecular flexibility index (Phi) is 3.22. The van der Waals surface area contributed by atoms with Gasteiger partial charge in [0.2, 0.25) is 0 Å². The van der Waals surface area contributed by atoms with Crippen molar-refractivity contribution in [1.29, 1.82) is 0 Å². The highest BCUT2D eigenvalue weighted by atomic mass is 16.1. The van der Waals surface area contributed by atoms with Crippen LogP contribution in [0.2, 0.25) is 0 Å². The summed E-state index contributed by atoms with van der Waals surface area (Å²) in [4.78, 5) is 13.1. The standard InChI is InChI=1S/C21H20O/c22-20-18(16-10-4-1-5-11-16)19(17-12-6-2-7-13-17)21(20)14-8-3-9-15-21/h1-2,4-7,10-13H,3,8-9,14-15H2. The van der Waals surface area contributed by atoms with Crippen molar-refractivity contribution in [2.45, 2.75) is 32.1 Å². The molecule has 2 aromatic rings. The van der Waals surface area contributed by atoms with Crippen molar-refractivity contribution in [2.75, 3.05) is 0 Å². The smallest absolute Gasteiger partial charge is 0.174 e. The number of rotatable bonds is 2. The van der Waals surface area contributed by atoms with Crippen molar-refractivity contribution in [2.24, 2.45) is 5.41 Å². The topological polar surface area (TPSA) is 17.1 Å². The Balaban J connectivity index is 1.91. The van der Waals surface area contributed by atoms with Gasteiger partial charge in [-0.1, -0.05) is 79.9 Å². The van der Waals surface area contributed by atoms with Crippen LogP contribution in [0, 0.1) is 5.41 Å². The summed E-state index contributed by atoms with van der Waals surface area (Å²) in [5, 5.41) is 0. The fourth-order valence-electron chi connectivity index (χ4n) is 4.18. The average Bonchev–Trinajstić information content (AvgIpc) is 2.61. The first-order valence-corrected chi connectivity index (χ1v) is 8.23. The van der Waals surface area contributed by atoms with Crippen molar-refractivity contribution >= 4 is 16.9 Å². The second kappa shape index (κ2) is 5.24. The minimum absolute atomic E-state index is 0.204. The predicted octanol–water partition coefficient (Wildman–Crippen LogP) is 5.13. The zero-order valence-electron chi connectivity index (χ0n) is 12.7. The van der Waals surface area contributed by atoms with E-state index in [-0.39, 0.29) is 5.41 Å². The zero-order chi connectivity index (χ0) is 15.0. The molecule has 2 aromatic carbocycles. The van der Waals surface area contributed by atoms with E-state index in [0.717, 1.165) is 24.0 Å². The lowest BCUT2D eigenvalue weighted by Gasteiger charge is -2.47. The molecule has 0 amide bonds. The third-order valence-electron chi connectivity index (χ3n) is 5.22. The Morgan fingerprint density at radius 1 is 0.682 bits per heavy atom. The molecule has 0 N–H and O–H groups in total. The van der Waals surface area contributed by atoms with Crippen LogP contribution < -0.4 is 0 Å². The number of carbonyl (C=O) groups is 1. The van der Waals surface area contributed by atoms with Crippen molar-refractivity contribution in [1.82, 2.24) is 0 Å². The number of carbonyl (C=O) groups excluding carboxylic acids is 1. The second-order valence-electron chi connectivity index (χ2n) is 6.45. The molecule has 4 rings (SSSR count). The Bertz CT molecular complexity index is 719. The minimum atomic E-state index is -0.204. The number of hydrogen-bond donors (Lipinski definition) is 0. The molecule has 0 radical (unpaired) electrons. The first-order chi connectivity index (χ1) is 10.8. The van der Waals surface area contributed by atoms with Gasteiger partial charge < -0.3 is 0 Å². The molecular weight excluding hydrogens is 268 g/mol. The number of Topliss-reactive ketones (excluding diaryl/α,β-unsaturated/α-hetero) is 1. The maximum atomic E-state index is 13.1. The lowest BCUT2D eigenvalue weighted by atomic mass is 9.53. The molecule has 1 spiro atoms. The SMILES string of the molecule is O=C1C(c2ccccc2)=C(c2ccccc2)C12CCCCC2. The first kappa shape index (κ1) is 13.5. The van der Waals surface area contributed by atoms with E-state index in [1.807, 2.05) is 24.3 Å². The molecule has 1 heteroatoms. The Hall–Kier alpha value is -2.15. The second-order valence-corrected chi connectivity index (χ2v) is 6.45. The van der Waals surface area contributed by atoms with Crippen molar-refractivity contribution in [3.63, 3.8) is 0 Å². The number of ketones is 1. The molecule has 0 bridgehead atoms. The van der Waals surface area contributed by atoms with Crippen LogP contribution >= 0.6 is 0 Å². The summed E-state index contributed by atoms with van der Waals surface area (Å²) in [7, 11) is 0. The van der Waals surface area contributed by atoms with Gasteiger partial charge in [0.15, 0.2) is 5.78 Å². The average molecular weight is 288 g/mol. The highest BCUT2D eigenvalue weighted by molar-refractivity contribution is 6.42. The van der Waals surface area contributed by atoms with Crippen LogP contribution in [0.15, 0.2) is 60.7 Å². The molecule has 2 aliphatic rings. The van der Waals surface area contributed by atoms with Crippen molar-refractivity contribution in [3.8, 4) is 0 Å². The van der Waals surface area contributed by atoms with Gasteiger partial charge in [-0.2, -0.15) is 0 Å². The molecule has 0 heterocycles. The summed E-state index contributed by atoms with van der Waals surface area (Å²) in [6, 6.07) is 20.7. The fraction of sp³-hybridized carbons (Fsp3) is 0.286. The molecule has 0 unspecified atom stereocenters. The van der Waals surface area contributed by atoms with Gasteiger partial charge in [-0.25, -0.2) is 0 Å². The van der Waals surface area contributed by atoms with Crippen LogP contribution in [-0.4, -0.2) is 5.78 Å². The molecule has 0 atom stereocenters. The van der Waals surface area contributed by atoms with Gasteiger partial charge in [0.1, 0.15) is 0 Å². The quantitative estimate of drug-likeness (QED) is 0.748. The Labute approximate surface area is 131 Å². The molecular formula is C21H20O. The first-order valence-electron chi connectivity index (χ1n) is 8.23. The lowest BCUT2D eigenvalue weighted by Crippen LogP contribution is -2.44. The molecule has 0 aromatic heterocycles. The number of allylic oxidation sites excluding steroid dienone is 2. The summed E-state index contributed by atoms with van der Waals surface area (Å²) in [5.41, 5.74) is 4.34. The van der Waals surface area contributed by atoms with Crippen LogP contribution in [0.1, 0.15) is 43.2 Å².